The van der Waals surface area contributed by atoms with Crippen LogP contribution in [0.5, 0.6) is 5.75 Å². The standard InChI is InChI=1S/C24H26N2O/c1-2-5-18(6-3-1)16-26-13-11-20(12-14-26)21-15-25-22-7-4-8-23(24(21)22)27-17-19-9-10-19/h1-8,11,15,19,25H,9-10,12-14,16-17H2. The summed E-state index contributed by atoms with van der Waals surface area (Å²) in [6.45, 7) is 3.97. The van der Waals surface area contributed by atoms with E-state index in [9.17, 15) is 0 Å². The summed E-state index contributed by atoms with van der Waals surface area (Å²) in [6.07, 6.45) is 8.27. The molecule has 0 saturated heterocycles. The number of H-pyrrole nitrogens is 1. The van der Waals surface area contributed by atoms with Crippen molar-refractivity contribution in [1.29, 1.82) is 0 Å². The molecule has 0 radical (unpaired) electrons. The van der Waals surface area contributed by atoms with Gasteiger partial charge in [0.25, 0.3) is 0 Å². The van der Waals surface area contributed by atoms with Gasteiger partial charge in [-0.1, -0.05) is 42.5 Å². The minimum Gasteiger partial charge on any atom is -0.493 e. The Morgan fingerprint density at radius 3 is 2.70 bits per heavy atom. The Morgan fingerprint density at radius 1 is 1.04 bits per heavy atom. The first-order valence-electron chi connectivity index (χ1n) is 10.1. The second-order valence-corrected chi connectivity index (χ2v) is 7.84. The molecule has 0 spiro atoms. The molecule has 1 aliphatic carbocycles. The van der Waals surface area contributed by atoms with Gasteiger partial charge in [0.15, 0.2) is 0 Å². The second kappa shape index (κ2) is 7.24. The van der Waals surface area contributed by atoms with Gasteiger partial charge in [-0.3, -0.25) is 4.90 Å². The number of hydrogen-bond acceptors (Lipinski definition) is 2. The molecule has 0 unspecified atom stereocenters. The fourth-order valence-corrected chi connectivity index (χ4v) is 3.96. The van der Waals surface area contributed by atoms with Gasteiger partial charge in [0.1, 0.15) is 5.75 Å². The van der Waals surface area contributed by atoms with Gasteiger partial charge in [0.05, 0.1) is 6.61 Å². The van der Waals surface area contributed by atoms with Gasteiger partial charge < -0.3 is 9.72 Å². The van der Waals surface area contributed by atoms with E-state index in [1.54, 1.807) is 0 Å². The maximum Gasteiger partial charge on any atom is 0.129 e. The molecule has 1 saturated carbocycles. The summed E-state index contributed by atoms with van der Waals surface area (Å²) in [6, 6.07) is 17.1. The molecule has 0 bridgehead atoms. The van der Waals surface area contributed by atoms with Crippen LogP contribution in [0.25, 0.3) is 16.5 Å². The number of ether oxygens (including phenoxy) is 1. The summed E-state index contributed by atoms with van der Waals surface area (Å²) in [4.78, 5) is 5.96. The van der Waals surface area contributed by atoms with Gasteiger partial charge in [-0.25, -0.2) is 0 Å². The summed E-state index contributed by atoms with van der Waals surface area (Å²) in [5.74, 6) is 1.80. The van der Waals surface area contributed by atoms with Crippen LogP contribution in [0, 0.1) is 5.92 Å². The molecule has 2 heterocycles. The molecule has 1 N–H and O–H groups in total. The Morgan fingerprint density at radius 2 is 1.93 bits per heavy atom. The Labute approximate surface area is 160 Å². The van der Waals surface area contributed by atoms with E-state index in [2.05, 4.69) is 70.7 Å². The fourth-order valence-electron chi connectivity index (χ4n) is 3.96. The Balaban J connectivity index is 1.36. The van der Waals surface area contributed by atoms with Crippen molar-refractivity contribution in [2.24, 2.45) is 5.92 Å². The summed E-state index contributed by atoms with van der Waals surface area (Å²) in [5.41, 5.74) is 5.31. The lowest BCUT2D eigenvalue weighted by Gasteiger charge is -2.26. The smallest absolute Gasteiger partial charge is 0.129 e. The lowest BCUT2D eigenvalue weighted by Crippen LogP contribution is -2.27. The maximum atomic E-state index is 6.18. The van der Waals surface area contributed by atoms with Crippen LogP contribution < -0.4 is 4.74 Å². The third-order valence-corrected chi connectivity index (χ3v) is 5.73. The summed E-state index contributed by atoms with van der Waals surface area (Å²) in [7, 11) is 0. The van der Waals surface area contributed by atoms with Crippen LogP contribution in [-0.2, 0) is 6.54 Å². The molecular weight excluding hydrogens is 332 g/mol. The van der Waals surface area contributed by atoms with Crippen molar-refractivity contribution in [3.05, 3.63) is 71.9 Å². The molecule has 27 heavy (non-hydrogen) atoms. The Kier molecular flexibility index (Phi) is 4.46. The van der Waals surface area contributed by atoms with E-state index in [-0.39, 0.29) is 0 Å². The van der Waals surface area contributed by atoms with E-state index >= 15 is 0 Å². The topological polar surface area (TPSA) is 28.3 Å². The normalized spacial score (nSPS) is 17.9. The van der Waals surface area contributed by atoms with Crippen LogP contribution in [0.2, 0.25) is 0 Å². The van der Waals surface area contributed by atoms with Crippen molar-refractivity contribution in [3.63, 3.8) is 0 Å². The highest BCUT2D eigenvalue weighted by Gasteiger charge is 2.23. The van der Waals surface area contributed by atoms with Gasteiger partial charge in [0, 0.05) is 42.3 Å². The molecule has 3 heteroatoms. The first-order chi connectivity index (χ1) is 13.4. The van der Waals surface area contributed by atoms with Crippen LogP contribution >= 0.6 is 0 Å². The predicted octanol–water partition coefficient (Wildman–Crippen LogP) is 5.25. The molecule has 0 atom stereocenters. The molecule has 1 fully saturated rings. The summed E-state index contributed by atoms with van der Waals surface area (Å²) < 4.78 is 6.18. The number of aromatic nitrogens is 1. The first kappa shape index (κ1) is 16.6. The molecule has 3 aromatic rings. The average Bonchev–Trinajstić information content (AvgIpc) is 3.45. The van der Waals surface area contributed by atoms with Crippen LogP contribution in [-0.4, -0.2) is 29.6 Å². The van der Waals surface area contributed by atoms with Crippen LogP contribution in [0.1, 0.15) is 30.4 Å². The van der Waals surface area contributed by atoms with Gasteiger partial charge in [-0.2, -0.15) is 0 Å². The number of fused-ring (bicyclic) bond motifs is 1. The zero-order chi connectivity index (χ0) is 18.1. The summed E-state index contributed by atoms with van der Waals surface area (Å²) in [5, 5.41) is 1.25. The molecular formula is C24H26N2O. The second-order valence-electron chi connectivity index (χ2n) is 7.84. The molecule has 0 amide bonds. The quantitative estimate of drug-likeness (QED) is 0.652. The van der Waals surface area contributed by atoms with E-state index in [1.807, 2.05) is 0 Å². The van der Waals surface area contributed by atoms with E-state index in [0.29, 0.717) is 0 Å². The lowest BCUT2D eigenvalue weighted by molar-refractivity contribution is 0.294. The third kappa shape index (κ3) is 3.65. The van der Waals surface area contributed by atoms with Gasteiger partial charge in [-0.05, 0) is 48.4 Å². The zero-order valence-electron chi connectivity index (χ0n) is 15.7. The maximum absolute atomic E-state index is 6.18. The van der Waals surface area contributed by atoms with E-state index in [4.69, 9.17) is 4.74 Å². The van der Waals surface area contributed by atoms with E-state index in [1.165, 1.54) is 40.4 Å². The molecule has 5 rings (SSSR count). The van der Waals surface area contributed by atoms with Crippen molar-refractivity contribution >= 4 is 16.5 Å². The van der Waals surface area contributed by atoms with Crippen molar-refractivity contribution in [2.75, 3.05) is 19.7 Å². The van der Waals surface area contributed by atoms with Crippen molar-refractivity contribution in [1.82, 2.24) is 9.88 Å². The highest BCUT2D eigenvalue weighted by molar-refractivity contribution is 5.97. The number of nitrogens with one attached hydrogen (secondary N) is 1. The molecule has 1 aromatic heterocycles. The Bertz CT molecular complexity index is 953. The van der Waals surface area contributed by atoms with E-state index < -0.39 is 0 Å². The van der Waals surface area contributed by atoms with Gasteiger partial charge in [-0.15, -0.1) is 0 Å². The van der Waals surface area contributed by atoms with Gasteiger partial charge in [0.2, 0.25) is 0 Å². The number of aromatic amines is 1. The zero-order valence-corrected chi connectivity index (χ0v) is 15.7. The predicted molar refractivity (Wildman–Crippen MR) is 111 cm³/mol. The van der Waals surface area contributed by atoms with Crippen LogP contribution in [0.4, 0.5) is 0 Å². The minimum atomic E-state index is 0.767. The number of benzene rings is 2. The minimum absolute atomic E-state index is 0.767. The van der Waals surface area contributed by atoms with Crippen molar-refractivity contribution < 1.29 is 4.74 Å². The molecule has 1 aliphatic heterocycles. The number of nitrogens with zero attached hydrogens (tertiary/aromatic N) is 1. The fraction of sp³-hybridized carbons (Fsp3) is 0.333. The van der Waals surface area contributed by atoms with Crippen molar-refractivity contribution in [2.45, 2.75) is 25.8 Å². The number of rotatable bonds is 6. The van der Waals surface area contributed by atoms with Crippen molar-refractivity contribution in [3.8, 4) is 5.75 Å². The third-order valence-electron chi connectivity index (χ3n) is 5.73. The van der Waals surface area contributed by atoms with E-state index in [0.717, 1.165) is 44.3 Å². The number of hydrogen-bond donors (Lipinski definition) is 1. The van der Waals surface area contributed by atoms with Gasteiger partial charge >= 0.3 is 0 Å². The highest BCUT2D eigenvalue weighted by atomic mass is 16.5. The Hall–Kier alpha value is -2.52. The highest BCUT2D eigenvalue weighted by Crippen LogP contribution is 2.37. The summed E-state index contributed by atoms with van der Waals surface area (Å²) >= 11 is 0. The lowest BCUT2D eigenvalue weighted by atomic mass is 9.98. The average molecular weight is 358 g/mol. The molecule has 2 aromatic carbocycles. The van der Waals surface area contributed by atoms with Crippen LogP contribution in [0.3, 0.4) is 0 Å². The molecule has 3 nitrogen and oxygen atoms in total. The SMILES string of the molecule is C1=C(c2c[nH]c3cccc(OCC4CC4)c23)CCN(Cc2ccccc2)C1. The molecule has 138 valence electrons. The van der Waals surface area contributed by atoms with Crippen LogP contribution in [0.15, 0.2) is 60.8 Å². The largest absolute Gasteiger partial charge is 0.493 e. The monoisotopic (exact) mass is 358 g/mol. The molecule has 2 aliphatic rings. The first-order valence-corrected chi connectivity index (χ1v) is 10.1.